The average molecular weight is 326 g/mol. The molecule has 0 saturated carbocycles. The molecule has 0 amide bonds. The van der Waals surface area contributed by atoms with Crippen LogP contribution in [0.3, 0.4) is 0 Å². The van der Waals surface area contributed by atoms with Gasteiger partial charge in [0, 0.05) is 44.6 Å². The van der Waals surface area contributed by atoms with Gasteiger partial charge in [-0.2, -0.15) is 0 Å². The van der Waals surface area contributed by atoms with E-state index in [1.807, 2.05) is 0 Å². The first-order chi connectivity index (χ1) is 10.5. The molecule has 22 heavy (non-hydrogen) atoms. The number of aromatic nitrogens is 2. The summed E-state index contributed by atoms with van der Waals surface area (Å²) >= 11 is 0. The lowest BCUT2D eigenvalue weighted by molar-refractivity contribution is -0.0529. The minimum absolute atomic E-state index is 0.0459. The van der Waals surface area contributed by atoms with Crippen molar-refractivity contribution in [2.75, 3.05) is 39.0 Å². The molecule has 0 aliphatic carbocycles. The number of ether oxygens (including phenoxy) is 1. The Balaban J connectivity index is 1.59. The molecule has 1 atom stereocenters. The molecule has 7 nitrogen and oxygen atoms in total. The Morgan fingerprint density at radius 1 is 1.23 bits per heavy atom. The minimum atomic E-state index is -3.06. The fraction of sp³-hybridized carbons (Fsp3) is 0.714. The molecule has 3 heterocycles. The summed E-state index contributed by atoms with van der Waals surface area (Å²) in [7, 11) is -3.06. The SMILES string of the molecule is CS(=O)(=O)N1CCC(N2CCO[C@H](c3cnccn3)C2)CC1. The van der Waals surface area contributed by atoms with E-state index in [9.17, 15) is 8.42 Å². The van der Waals surface area contributed by atoms with Gasteiger partial charge in [0.1, 0.15) is 6.10 Å². The van der Waals surface area contributed by atoms with Crippen molar-refractivity contribution in [3.8, 4) is 0 Å². The Morgan fingerprint density at radius 3 is 2.64 bits per heavy atom. The molecular weight excluding hydrogens is 304 g/mol. The first kappa shape index (κ1) is 15.8. The quantitative estimate of drug-likeness (QED) is 0.794. The maximum absolute atomic E-state index is 11.6. The van der Waals surface area contributed by atoms with Gasteiger partial charge in [0.15, 0.2) is 0 Å². The predicted molar refractivity (Wildman–Crippen MR) is 81.7 cm³/mol. The maximum Gasteiger partial charge on any atom is 0.211 e. The third kappa shape index (κ3) is 3.62. The van der Waals surface area contributed by atoms with Gasteiger partial charge in [-0.1, -0.05) is 0 Å². The third-order valence-corrected chi connectivity index (χ3v) is 5.72. The highest BCUT2D eigenvalue weighted by Gasteiger charge is 2.32. The lowest BCUT2D eigenvalue weighted by Gasteiger charge is -2.41. The second-order valence-corrected chi connectivity index (χ2v) is 7.86. The van der Waals surface area contributed by atoms with E-state index in [1.54, 1.807) is 22.9 Å². The van der Waals surface area contributed by atoms with Crippen molar-refractivity contribution >= 4 is 10.0 Å². The van der Waals surface area contributed by atoms with Crippen molar-refractivity contribution in [2.24, 2.45) is 0 Å². The molecule has 0 radical (unpaired) electrons. The minimum Gasteiger partial charge on any atom is -0.369 e. The largest absolute Gasteiger partial charge is 0.369 e. The highest BCUT2D eigenvalue weighted by Crippen LogP contribution is 2.25. The van der Waals surface area contributed by atoms with Crippen molar-refractivity contribution in [1.82, 2.24) is 19.2 Å². The van der Waals surface area contributed by atoms with Gasteiger partial charge < -0.3 is 4.74 Å². The summed E-state index contributed by atoms with van der Waals surface area (Å²) < 4.78 is 30.6. The van der Waals surface area contributed by atoms with Gasteiger partial charge in [-0.3, -0.25) is 14.9 Å². The second-order valence-electron chi connectivity index (χ2n) is 5.88. The monoisotopic (exact) mass is 326 g/mol. The summed E-state index contributed by atoms with van der Waals surface area (Å²) in [6, 6.07) is 0.418. The third-order valence-electron chi connectivity index (χ3n) is 4.42. The number of piperidine rings is 1. The van der Waals surface area contributed by atoms with Crippen molar-refractivity contribution in [3.63, 3.8) is 0 Å². The normalized spacial score (nSPS) is 26.1. The van der Waals surface area contributed by atoms with Crippen LogP contribution in [-0.4, -0.2) is 72.7 Å². The van der Waals surface area contributed by atoms with Gasteiger partial charge in [0.2, 0.25) is 10.0 Å². The van der Waals surface area contributed by atoms with Crippen LogP contribution in [0.25, 0.3) is 0 Å². The van der Waals surface area contributed by atoms with Crippen LogP contribution < -0.4 is 0 Å². The molecule has 0 spiro atoms. The molecule has 1 aromatic heterocycles. The number of hydrogen-bond acceptors (Lipinski definition) is 6. The Labute approximate surface area is 131 Å². The zero-order valence-electron chi connectivity index (χ0n) is 12.8. The van der Waals surface area contributed by atoms with Crippen LogP contribution in [0.4, 0.5) is 0 Å². The lowest BCUT2D eigenvalue weighted by atomic mass is 10.0. The van der Waals surface area contributed by atoms with Crippen LogP contribution >= 0.6 is 0 Å². The predicted octanol–water partition coefficient (Wildman–Crippen LogP) is 0.274. The Morgan fingerprint density at radius 2 is 2.00 bits per heavy atom. The summed E-state index contributed by atoms with van der Waals surface area (Å²) in [4.78, 5) is 10.8. The van der Waals surface area contributed by atoms with E-state index in [0.29, 0.717) is 25.7 Å². The van der Waals surface area contributed by atoms with E-state index in [4.69, 9.17) is 4.74 Å². The van der Waals surface area contributed by atoms with E-state index in [-0.39, 0.29) is 6.10 Å². The smallest absolute Gasteiger partial charge is 0.211 e. The molecule has 0 unspecified atom stereocenters. The molecule has 2 fully saturated rings. The molecule has 122 valence electrons. The van der Waals surface area contributed by atoms with Crippen LogP contribution in [0.1, 0.15) is 24.6 Å². The van der Waals surface area contributed by atoms with Crippen molar-refractivity contribution in [2.45, 2.75) is 25.0 Å². The van der Waals surface area contributed by atoms with Gasteiger partial charge in [-0.25, -0.2) is 12.7 Å². The molecule has 0 aromatic carbocycles. The van der Waals surface area contributed by atoms with Gasteiger partial charge in [0.25, 0.3) is 0 Å². The van der Waals surface area contributed by atoms with Gasteiger partial charge in [-0.05, 0) is 12.8 Å². The fourth-order valence-corrected chi connectivity index (χ4v) is 4.07. The first-order valence-electron chi connectivity index (χ1n) is 7.61. The molecule has 2 saturated heterocycles. The molecule has 8 heteroatoms. The maximum atomic E-state index is 11.6. The zero-order valence-corrected chi connectivity index (χ0v) is 13.6. The van der Waals surface area contributed by atoms with Crippen LogP contribution in [0, 0.1) is 0 Å². The number of hydrogen-bond donors (Lipinski definition) is 0. The van der Waals surface area contributed by atoms with Crippen molar-refractivity contribution in [3.05, 3.63) is 24.3 Å². The molecular formula is C14H22N4O3S. The van der Waals surface area contributed by atoms with E-state index in [0.717, 1.165) is 31.6 Å². The molecule has 0 bridgehead atoms. The Kier molecular flexibility index (Phi) is 4.72. The zero-order chi connectivity index (χ0) is 15.6. The standard InChI is InChI=1S/C14H22N4O3S/c1-22(19,20)18-6-2-12(3-7-18)17-8-9-21-14(11-17)13-10-15-4-5-16-13/h4-5,10,12,14H,2-3,6-9,11H2,1H3/t14-/m0/s1. The molecule has 2 aliphatic rings. The van der Waals surface area contributed by atoms with Gasteiger partial charge in [0.05, 0.1) is 24.8 Å². The van der Waals surface area contributed by atoms with Crippen molar-refractivity contribution < 1.29 is 13.2 Å². The fourth-order valence-electron chi connectivity index (χ4n) is 3.20. The summed E-state index contributed by atoms with van der Waals surface area (Å²) in [6.07, 6.45) is 8.08. The van der Waals surface area contributed by atoms with Crippen LogP contribution in [0.2, 0.25) is 0 Å². The van der Waals surface area contributed by atoms with Gasteiger partial charge in [-0.15, -0.1) is 0 Å². The summed E-state index contributed by atoms with van der Waals surface area (Å²) in [5, 5.41) is 0. The summed E-state index contributed by atoms with van der Waals surface area (Å²) in [5.41, 5.74) is 0.862. The highest BCUT2D eigenvalue weighted by atomic mass is 32.2. The topological polar surface area (TPSA) is 75.6 Å². The number of nitrogens with zero attached hydrogens (tertiary/aromatic N) is 4. The van der Waals surface area contributed by atoms with Crippen LogP contribution in [0.5, 0.6) is 0 Å². The van der Waals surface area contributed by atoms with Crippen molar-refractivity contribution in [1.29, 1.82) is 0 Å². The van der Waals surface area contributed by atoms with Crippen LogP contribution in [-0.2, 0) is 14.8 Å². The number of sulfonamides is 1. The molecule has 3 rings (SSSR count). The highest BCUT2D eigenvalue weighted by molar-refractivity contribution is 7.88. The lowest BCUT2D eigenvalue weighted by Crippen LogP contribution is -2.50. The molecule has 1 aromatic rings. The van der Waals surface area contributed by atoms with Gasteiger partial charge >= 0.3 is 0 Å². The summed E-state index contributed by atoms with van der Waals surface area (Å²) in [6.45, 7) is 3.57. The average Bonchev–Trinajstić information content (AvgIpc) is 2.55. The number of rotatable bonds is 3. The summed E-state index contributed by atoms with van der Waals surface area (Å²) in [5.74, 6) is 0. The van der Waals surface area contributed by atoms with E-state index in [2.05, 4.69) is 14.9 Å². The Hall–Kier alpha value is -1.09. The molecule has 2 aliphatic heterocycles. The first-order valence-corrected chi connectivity index (χ1v) is 9.45. The van der Waals surface area contributed by atoms with E-state index in [1.165, 1.54) is 6.26 Å². The van der Waals surface area contributed by atoms with E-state index >= 15 is 0 Å². The second kappa shape index (κ2) is 6.57. The Bertz CT molecular complexity index is 587. The molecule has 0 N–H and O–H groups in total. The number of morpholine rings is 1. The van der Waals surface area contributed by atoms with E-state index < -0.39 is 10.0 Å². The van der Waals surface area contributed by atoms with Crippen LogP contribution in [0.15, 0.2) is 18.6 Å².